The van der Waals surface area contributed by atoms with E-state index in [0.717, 1.165) is 36.8 Å². The average Bonchev–Trinajstić information content (AvgIpc) is 2.51. The van der Waals surface area contributed by atoms with E-state index in [-0.39, 0.29) is 0 Å². The molecule has 0 atom stereocenters. The molecule has 0 bridgehead atoms. The monoisotopic (exact) mass is 297 g/mol. The molecule has 1 aromatic heterocycles. The molecule has 0 unspecified atom stereocenters. The van der Waals surface area contributed by atoms with Crippen molar-refractivity contribution in [3.8, 4) is 5.75 Å². The predicted molar refractivity (Wildman–Crippen MR) is 88.5 cm³/mol. The Morgan fingerprint density at radius 1 is 1.09 bits per heavy atom. The highest BCUT2D eigenvalue weighted by atomic mass is 16.5. The van der Waals surface area contributed by atoms with Crippen LogP contribution in [0.2, 0.25) is 0 Å². The van der Waals surface area contributed by atoms with Gasteiger partial charge in [0.2, 0.25) is 0 Å². The predicted octanol–water partition coefficient (Wildman–Crippen LogP) is 3.59. The number of methoxy groups -OCH3 is 1. The molecule has 1 heterocycles. The number of rotatable bonds is 4. The summed E-state index contributed by atoms with van der Waals surface area (Å²) >= 11 is 0. The molecule has 1 aliphatic carbocycles. The van der Waals surface area contributed by atoms with Crippen molar-refractivity contribution in [1.29, 1.82) is 0 Å². The number of benzene rings is 1. The summed E-state index contributed by atoms with van der Waals surface area (Å²) in [6.07, 6.45) is 4.62. The maximum absolute atomic E-state index is 5.34. The summed E-state index contributed by atoms with van der Waals surface area (Å²) in [5.74, 6) is 2.75. The molecule has 0 aliphatic heterocycles. The Bertz CT molecular complexity index is 682. The largest absolute Gasteiger partial charge is 0.497 e. The second kappa shape index (κ2) is 6.34. The Balaban J connectivity index is 1.82. The van der Waals surface area contributed by atoms with Crippen LogP contribution in [0.3, 0.4) is 0 Å². The zero-order valence-corrected chi connectivity index (χ0v) is 13.6. The number of fused-ring (bicyclic) bond motifs is 1. The lowest BCUT2D eigenvalue weighted by Gasteiger charge is -2.19. The lowest BCUT2D eigenvalue weighted by molar-refractivity contribution is 0.414. The van der Waals surface area contributed by atoms with Crippen LogP contribution in [0.15, 0.2) is 18.2 Å². The smallest absolute Gasteiger partial charge is 0.133 e. The van der Waals surface area contributed by atoms with Gasteiger partial charge in [0.05, 0.1) is 7.11 Å². The van der Waals surface area contributed by atoms with E-state index in [1.807, 2.05) is 13.0 Å². The quantitative estimate of drug-likeness (QED) is 0.937. The molecule has 2 aromatic rings. The number of ether oxygens (including phenoxy) is 1. The van der Waals surface area contributed by atoms with Gasteiger partial charge in [0.25, 0.3) is 0 Å². The highest BCUT2D eigenvalue weighted by molar-refractivity contribution is 5.48. The highest BCUT2D eigenvalue weighted by Gasteiger charge is 2.16. The number of hydrogen-bond acceptors (Lipinski definition) is 4. The Morgan fingerprint density at radius 2 is 1.91 bits per heavy atom. The SMILES string of the molecule is COc1cc(C)cc(CNc2nc(C)nc3c2CCCC3)c1. The minimum atomic E-state index is 0.751. The van der Waals surface area contributed by atoms with E-state index in [0.29, 0.717) is 0 Å². The Labute approximate surface area is 132 Å². The number of hydrogen-bond donors (Lipinski definition) is 1. The molecule has 116 valence electrons. The van der Waals surface area contributed by atoms with Crippen molar-refractivity contribution in [2.75, 3.05) is 12.4 Å². The van der Waals surface area contributed by atoms with E-state index in [4.69, 9.17) is 4.74 Å². The van der Waals surface area contributed by atoms with Gasteiger partial charge >= 0.3 is 0 Å². The maximum Gasteiger partial charge on any atom is 0.133 e. The van der Waals surface area contributed by atoms with Crippen LogP contribution in [-0.2, 0) is 19.4 Å². The van der Waals surface area contributed by atoms with Gasteiger partial charge in [-0.1, -0.05) is 6.07 Å². The number of anilines is 1. The van der Waals surface area contributed by atoms with Crippen LogP contribution in [0.5, 0.6) is 5.75 Å². The summed E-state index contributed by atoms with van der Waals surface area (Å²) in [5.41, 5.74) is 4.94. The van der Waals surface area contributed by atoms with Gasteiger partial charge in [-0.15, -0.1) is 0 Å². The van der Waals surface area contributed by atoms with Gasteiger partial charge < -0.3 is 10.1 Å². The number of aromatic nitrogens is 2. The van der Waals surface area contributed by atoms with Crippen molar-refractivity contribution in [3.63, 3.8) is 0 Å². The molecule has 0 spiro atoms. The first-order valence-corrected chi connectivity index (χ1v) is 7.90. The molecule has 1 N–H and O–H groups in total. The van der Waals surface area contributed by atoms with Crippen LogP contribution in [0.25, 0.3) is 0 Å². The maximum atomic E-state index is 5.34. The summed E-state index contributed by atoms with van der Waals surface area (Å²) in [4.78, 5) is 9.21. The fraction of sp³-hybridized carbons (Fsp3) is 0.444. The number of aryl methyl sites for hydroxylation is 3. The standard InChI is InChI=1S/C18H23N3O/c1-12-8-14(10-15(9-12)22-3)11-19-18-16-6-4-5-7-17(16)20-13(2)21-18/h8-10H,4-7,11H2,1-3H3,(H,19,20,21). The summed E-state index contributed by atoms with van der Waals surface area (Å²) in [6.45, 7) is 4.80. The zero-order chi connectivity index (χ0) is 15.5. The Kier molecular flexibility index (Phi) is 4.27. The molecular weight excluding hydrogens is 274 g/mol. The number of nitrogens with one attached hydrogen (secondary N) is 1. The first-order chi connectivity index (χ1) is 10.7. The molecule has 3 rings (SSSR count). The fourth-order valence-corrected chi connectivity index (χ4v) is 3.09. The third-order valence-electron chi connectivity index (χ3n) is 4.10. The minimum Gasteiger partial charge on any atom is -0.497 e. The van der Waals surface area contributed by atoms with Gasteiger partial charge in [-0.2, -0.15) is 0 Å². The molecule has 1 aliphatic rings. The first kappa shape index (κ1) is 14.8. The molecule has 0 saturated carbocycles. The Morgan fingerprint density at radius 3 is 2.73 bits per heavy atom. The normalized spacial score (nSPS) is 13.6. The molecule has 1 aromatic carbocycles. The van der Waals surface area contributed by atoms with Crippen molar-refractivity contribution in [2.24, 2.45) is 0 Å². The van der Waals surface area contributed by atoms with Gasteiger partial charge in [0.15, 0.2) is 0 Å². The second-order valence-electron chi connectivity index (χ2n) is 5.96. The van der Waals surface area contributed by atoms with Gasteiger partial charge in [-0.05, 0) is 62.8 Å². The zero-order valence-electron chi connectivity index (χ0n) is 13.6. The van der Waals surface area contributed by atoms with Gasteiger partial charge in [-0.25, -0.2) is 9.97 Å². The van der Waals surface area contributed by atoms with Crippen LogP contribution in [0.1, 0.15) is 41.1 Å². The lowest BCUT2D eigenvalue weighted by atomic mass is 9.96. The average molecular weight is 297 g/mol. The van der Waals surface area contributed by atoms with Gasteiger partial charge in [0.1, 0.15) is 17.4 Å². The third kappa shape index (κ3) is 3.21. The highest BCUT2D eigenvalue weighted by Crippen LogP contribution is 2.26. The van der Waals surface area contributed by atoms with E-state index in [9.17, 15) is 0 Å². The van der Waals surface area contributed by atoms with E-state index in [1.165, 1.54) is 35.2 Å². The minimum absolute atomic E-state index is 0.751. The summed E-state index contributed by atoms with van der Waals surface area (Å²) in [6, 6.07) is 6.29. The van der Waals surface area contributed by atoms with Crippen LogP contribution < -0.4 is 10.1 Å². The molecule has 22 heavy (non-hydrogen) atoms. The fourth-order valence-electron chi connectivity index (χ4n) is 3.09. The van der Waals surface area contributed by atoms with Crippen molar-refractivity contribution in [3.05, 3.63) is 46.4 Å². The van der Waals surface area contributed by atoms with Crippen molar-refractivity contribution in [2.45, 2.75) is 46.1 Å². The molecular formula is C18H23N3O. The molecule has 4 nitrogen and oxygen atoms in total. The molecule has 0 saturated heterocycles. The van der Waals surface area contributed by atoms with E-state index < -0.39 is 0 Å². The van der Waals surface area contributed by atoms with Crippen molar-refractivity contribution < 1.29 is 4.74 Å². The summed E-state index contributed by atoms with van der Waals surface area (Å²) < 4.78 is 5.34. The second-order valence-corrected chi connectivity index (χ2v) is 5.96. The Hall–Kier alpha value is -2.10. The van der Waals surface area contributed by atoms with Gasteiger partial charge in [-0.3, -0.25) is 0 Å². The van der Waals surface area contributed by atoms with Crippen LogP contribution >= 0.6 is 0 Å². The van der Waals surface area contributed by atoms with Crippen LogP contribution in [0.4, 0.5) is 5.82 Å². The molecule has 4 heteroatoms. The van der Waals surface area contributed by atoms with Crippen molar-refractivity contribution >= 4 is 5.82 Å². The van der Waals surface area contributed by atoms with E-state index in [1.54, 1.807) is 7.11 Å². The van der Waals surface area contributed by atoms with Gasteiger partial charge in [0, 0.05) is 17.8 Å². The summed E-state index contributed by atoms with van der Waals surface area (Å²) in [5, 5.41) is 3.50. The van der Waals surface area contributed by atoms with Crippen molar-refractivity contribution in [1.82, 2.24) is 9.97 Å². The van der Waals surface area contributed by atoms with E-state index >= 15 is 0 Å². The first-order valence-electron chi connectivity index (χ1n) is 7.90. The molecule has 0 radical (unpaired) electrons. The van der Waals surface area contributed by atoms with Crippen LogP contribution in [-0.4, -0.2) is 17.1 Å². The third-order valence-corrected chi connectivity index (χ3v) is 4.10. The summed E-state index contributed by atoms with van der Waals surface area (Å²) in [7, 11) is 1.70. The van der Waals surface area contributed by atoms with Crippen LogP contribution in [0, 0.1) is 13.8 Å². The number of nitrogens with zero attached hydrogens (tertiary/aromatic N) is 2. The van der Waals surface area contributed by atoms with E-state index in [2.05, 4.69) is 34.3 Å². The lowest BCUT2D eigenvalue weighted by Crippen LogP contribution is -2.13. The topological polar surface area (TPSA) is 47.0 Å². The molecule has 0 amide bonds. The molecule has 0 fully saturated rings.